The number of rotatable bonds is 6. The van der Waals surface area contributed by atoms with Crippen molar-refractivity contribution in [1.29, 1.82) is 0 Å². The largest absolute Gasteiger partial charge is 0.353 e. The van der Waals surface area contributed by atoms with Gasteiger partial charge in [-0.2, -0.15) is 5.10 Å². The van der Waals surface area contributed by atoms with Crippen molar-refractivity contribution in [3.63, 3.8) is 0 Å². The predicted molar refractivity (Wildman–Crippen MR) is 154 cm³/mol. The first-order valence-electron chi connectivity index (χ1n) is 12.4. The van der Waals surface area contributed by atoms with Crippen LogP contribution in [0.4, 0.5) is 5.69 Å². The average molecular weight is 528 g/mol. The Hall–Kier alpha value is -5.15. The zero-order valence-corrected chi connectivity index (χ0v) is 21.4. The first-order chi connectivity index (χ1) is 19.2. The number of fused-ring (bicyclic) bond motifs is 2. The minimum atomic E-state index is -0.0962. The third-order valence-corrected chi connectivity index (χ3v) is 7.41. The van der Waals surface area contributed by atoms with Crippen LogP contribution in [0.15, 0.2) is 96.9 Å². The van der Waals surface area contributed by atoms with E-state index in [2.05, 4.69) is 53.0 Å². The molecule has 0 atom stereocenters. The Morgan fingerprint density at radius 1 is 0.872 bits per heavy atom. The zero-order valence-electron chi connectivity index (χ0n) is 20.6. The average Bonchev–Trinajstić information content (AvgIpc) is 3.73. The Morgan fingerprint density at radius 3 is 2.64 bits per heavy atom. The third kappa shape index (κ3) is 4.45. The third-order valence-electron chi connectivity index (χ3n) is 6.54. The van der Waals surface area contributed by atoms with Crippen molar-refractivity contribution in [2.75, 3.05) is 5.32 Å². The van der Waals surface area contributed by atoms with E-state index in [-0.39, 0.29) is 5.91 Å². The second-order valence-electron chi connectivity index (χ2n) is 9.15. The molecule has 0 bridgehead atoms. The van der Waals surface area contributed by atoms with E-state index in [1.807, 2.05) is 60.8 Å². The van der Waals surface area contributed by atoms with Crippen LogP contribution in [0.2, 0.25) is 0 Å². The summed E-state index contributed by atoms with van der Waals surface area (Å²) in [6, 6.07) is 21.8. The molecule has 39 heavy (non-hydrogen) atoms. The number of pyridine rings is 3. The fourth-order valence-electron chi connectivity index (χ4n) is 4.71. The number of nitrogens with zero attached hydrogens (tertiary/aromatic N) is 4. The number of thiophene rings is 1. The lowest BCUT2D eigenvalue weighted by Crippen LogP contribution is -2.14. The summed E-state index contributed by atoms with van der Waals surface area (Å²) in [6.45, 7) is 0. The Kier molecular flexibility index (Phi) is 5.68. The van der Waals surface area contributed by atoms with Crippen LogP contribution in [0.5, 0.6) is 0 Å². The number of aromatic nitrogens is 6. The van der Waals surface area contributed by atoms with Gasteiger partial charge >= 0.3 is 0 Å². The summed E-state index contributed by atoms with van der Waals surface area (Å²) in [5.74, 6) is -0.0962. The molecule has 0 saturated carbocycles. The van der Waals surface area contributed by atoms with E-state index in [1.165, 1.54) is 0 Å². The maximum absolute atomic E-state index is 12.6. The number of hydrogen-bond acceptors (Lipinski definition) is 6. The van der Waals surface area contributed by atoms with Gasteiger partial charge in [0.1, 0.15) is 5.69 Å². The summed E-state index contributed by atoms with van der Waals surface area (Å²) in [4.78, 5) is 30.8. The zero-order chi connectivity index (χ0) is 26.2. The second kappa shape index (κ2) is 9.62. The van der Waals surface area contributed by atoms with Gasteiger partial charge in [-0.25, -0.2) is 4.98 Å². The summed E-state index contributed by atoms with van der Waals surface area (Å²) in [5, 5.41) is 14.5. The summed E-state index contributed by atoms with van der Waals surface area (Å²) in [5.41, 5.74) is 7.57. The molecule has 0 spiro atoms. The minimum Gasteiger partial charge on any atom is -0.353 e. The van der Waals surface area contributed by atoms with Crippen molar-refractivity contribution >= 4 is 44.9 Å². The fraction of sp³-hybridized carbons (Fsp3) is 0.0333. The quantitative estimate of drug-likeness (QED) is 0.229. The van der Waals surface area contributed by atoms with E-state index >= 15 is 0 Å². The lowest BCUT2D eigenvalue weighted by molar-refractivity contribution is -0.115. The molecular formula is C30H21N7OS. The van der Waals surface area contributed by atoms with Crippen LogP contribution in [-0.2, 0) is 11.2 Å². The second-order valence-corrected chi connectivity index (χ2v) is 10.1. The molecule has 7 aromatic rings. The van der Waals surface area contributed by atoms with Gasteiger partial charge in [0.25, 0.3) is 0 Å². The topological polar surface area (TPSA) is 112 Å². The molecule has 6 heterocycles. The van der Waals surface area contributed by atoms with Gasteiger partial charge in [-0.1, -0.05) is 36.4 Å². The van der Waals surface area contributed by atoms with Crippen molar-refractivity contribution < 1.29 is 4.79 Å². The van der Waals surface area contributed by atoms with Crippen LogP contribution in [0.25, 0.3) is 55.0 Å². The van der Waals surface area contributed by atoms with Gasteiger partial charge in [0.2, 0.25) is 5.91 Å². The summed E-state index contributed by atoms with van der Waals surface area (Å²) in [6.07, 6.45) is 7.30. The highest BCUT2D eigenvalue weighted by molar-refractivity contribution is 7.13. The molecule has 0 saturated heterocycles. The van der Waals surface area contributed by atoms with Gasteiger partial charge in [-0.05, 0) is 41.3 Å². The number of benzene rings is 1. The molecule has 7 rings (SSSR count). The first kappa shape index (κ1) is 23.0. The van der Waals surface area contributed by atoms with Gasteiger partial charge in [0.15, 0.2) is 5.65 Å². The van der Waals surface area contributed by atoms with Crippen LogP contribution in [0.3, 0.4) is 0 Å². The van der Waals surface area contributed by atoms with E-state index in [0.29, 0.717) is 17.8 Å². The van der Waals surface area contributed by atoms with E-state index in [4.69, 9.17) is 0 Å². The summed E-state index contributed by atoms with van der Waals surface area (Å²) >= 11 is 1.66. The van der Waals surface area contributed by atoms with E-state index in [1.54, 1.807) is 29.9 Å². The molecule has 0 aliphatic heterocycles. The fourth-order valence-corrected chi connectivity index (χ4v) is 5.45. The lowest BCUT2D eigenvalue weighted by Gasteiger charge is -2.07. The Morgan fingerprint density at radius 2 is 1.77 bits per heavy atom. The van der Waals surface area contributed by atoms with Gasteiger partial charge in [0, 0.05) is 46.0 Å². The first-order valence-corrected chi connectivity index (χ1v) is 13.2. The monoisotopic (exact) mass is 527 g/mol. The van der Waals surface area contributed by atoms with Crippen LogP contribution < -0.4 is 5.32 Å². The molecule has 0 unspecified atom stereocenters. The Balaban J connectivity index is 1.21. The molecule has 1 aromatic carbocycles. The van der Waals surface area contributed by atoms with Crippen LogP contribution in [0.1, 0.15) is 5.56 Å². The highest BCUT2D eigenvalue weighted by atomic mass is 32.1. The normalized spacial score (nSPS) is 11.3. The van der Waals surface area contributed by atoms with Crippen LogP contribution in [-0.4, -0.2) is 36.0 Å². The number of anilines is 1. The smallest absolute Gasteiger partial charge is 0.228 e. The van der Waals surface area contributed by atoms with Gasteiger partial charge in [-0.15, -0.1) is 11.3 Å². The molecule has 6 aromatic heterocycles. The van der Waals surface area contributed by atoms with Crippen molar-refractivity contribution in [3.8, 4) is 33.1 Å². The molecule has 0 aliphatic carbocycles. The molecule has 1 amide bonds. The van der Waals surface area contributed by atoms with Gasteiger partial charge in [-0.3, -0.25) is 19.9 Å². The number of carbonyl (C=O) groups excluding carboxylic acids is 1. The Bertz CT molecular complexity index is 1940. The molecule has 0 aliphatic rings. The molecule has 0 radical (unpaired) electrons. The number of carbonyl (C=O) groups is 1. The van der Waals surface area contributed by atoms with Gasteiger partial charge in [0.05, 0.1) is 34.6 Å². The number of H-pyrrole nitrogens is 2. The molecule has 0 fully saturated rings. The minimum absolute atomic E-state index is 0.0962. The maximum Gasteiger partial charge on any atom is 0.228 e. The molecule has 188 valence electrons. The number of amides is 1. The molecule has 9 heteroatoms. The van der Waals surface area contributed by atoms with E-state index < -0.39 is 0 Å². The van der Waals surface area contributed by atoms with E-state index in [0.717, 1.165) is 54.9 Å². The number of aromatic amines is 2. The molecule has 8 nitrogen and oxygen atoms in total. The van der Waals surface area contributed by atoms with Crippen molar-refractivity contribution in [2.45, 2.75) is 6.42 Å². The lowest BCUT2D eigenvalue weighted by atomic mass is 10.1. The molecular weight excluding hydrogens is 506 g/mol. The van der Waals surface area contributed by atoms with E-state index in [9.17, 15) is 4.79 Å². The van der Waals surface area contributed by atoms with Crippen molar-refractivity contribution in [1.82, 2.24) is 30.1 Å². The highest BCUT2D eigenvalue weighted by Crippen LogP contribution is 2.35. The summed E-state index contributed by atoms with van der Waals surface area (Å²) < 4.78 is 0. The SMILES string of the molecule is O=C(Cc1ccccc1)Nc1cncc(-c2cnc3[nH]nc(-c4cc5c(-c6cccs6)nccc5[nH]4)c3c2)c1. The van der Waals surface area contributed by atoms with Crippen molar-refractivity contribution in [3.05, 3.63) is 102 Å². The van der Waals surface area contributed by atoms with Gasteiger partial charge < -0.3 is 10.3 Å². The number of nitrogens with one attached hydrogen (secondary N) is 3. The predicted octanol–water partition coefficient (Wildman–Crippen LogP) is 6.47. The Labute approximate surface area is 226 Å². The summed E-state index contributed by atoms with van der Waals surface area (Å²) in [7, 11) is 0. The van der Waals surface area contributed by atoms with Crippen molar-refractivity contribution in [2.24, 2.45) is 0 Å². The highest BCUT2D eigenvalue weighted by Gasteiger charge is 2.16. The molecule has 3 N–H and O–H groups in total. The standard InChI is InChI=1S/C30H21N7OS/c38-27(11-18-5-2-1-3-6-18)34-21-12-19(15-31-17-21)20-13-23-28(36-37-30(23)33-16-20)25-14-22-24(35-25)8-9-32-29(22)26-7-4-10-39-26/h1-10,12-17,35H,11H2,(H,34,38)(H,33,36,37). The maximum atomic E-state index is 12.6. The number of hydrogen-bond donors (Lipinski definition) is 3. The van der Waals surface area contributed by atoms with Crippen LogP contribution >= 0.6 is 11.3 Å². The van der Waals surface area contributed by atoms with Crippen LogP contribution in [0, 0.1) is 0 Å².